The van der Waals surface area contributed by atoms with Crippen molar-refractivity contribution in [3.05, 3.63) is 45.9 Å². The van der Waals surface area contributed by atoms with Crippen molar-refractivity contribution in [2.24, 2.45) is 0 Å². The van der Waals surface area contributed by atoms with Crippen molar-refractivity contribution in [1.29, 1.82) is 0 Å². The third-order valence-electron chi connectivity index (χ3n) is 2.98. The molecular weight excluding hydrogens is 334 g/mol. The Morgan fingerprint density at radius 1 is 1.30 bits per heavy atom. The molecular formula is C15H14BrN3S. The number of rotatable bonds is 4. The van der Waals surface area contributed by atoms with Gasteiger partial charge in [-0.15, -0.1) is 11.3 Å². The predicted octanol–water partition coefficient (Wildman–Crippen LogP) is 4.23. The highest BCUT2D eigenvalue weighted by atomic mass is 79.9. The Labute approximate surface area is 130 Å². The summed E-state index contributed by atoms with van der Waals surface area (Å²) in [5, 5.41) is 5.40. The van der Waals surface area contributed by atoms with E-state index in [2.05, 4.69) is 45.3 Å². The molecule has 2 aromatic heterocycles. The monoisotopic (exact) mass is 347 g/mol. The average Bonchev–Trinajstić information content (AvgIpc) is 2.93. The van der Waals surface area contributed by atoms with E-state index in [1.54, 1.807) is 11.3 Å². The number of aromatic nitrogens is 2. The lowest BCUT2D eigenvalue weighted by molar-refractivity contribution is 0.734. The Morgan fingerprint density at radius 2 is 2.15 bits per heavy atom. The Kier molecular flexibility index (Phi) is 4.10. The molecule has 2 heterocycles. The van der Waals surface area contributed by atoms with Gasteiger partial charge in [0.2, 0.25) is 0 Å². The van der Waals surface area contributed by atoms with E-state index < -0.39 is 0 Å². The predicted molar refractivity (Wildman–Crippen MR) is 87.9 cm³/mol. The van der Waals surface area contributed by atoms with Crippen LogP contribution in [0, 0.1) is 0 Å². The minimum absolute atomic E-state index is 0.860. The highest BCUT2D eigenvalue weighted by molar-refractivity contribution is 9.10. The van der Waals surface area contributed by atoms with Gasteiger partial charge < -0.3 is 5.32 Å². The van der Waals surface area contributed by atoms with Crippen molar-refractivity contribution in [2.45, 2.75) is 13.5 Å². The summed E-state index contributed by atoms with van der Waals surface area (Å²) in [4.78, 5) is 10.4. The minimum atomic E-state index is 0.860. The normalized spacial score (nSPS) is 11.1. The smallest absolute Gasteiger partial charge is 0.143 e. The van der Waals surface area contributed by atoms with Gasteiger partial charge in [-0.25, -0.2) is 9.97 Å². The summed E-state index contributed by atoms with van der Waals surface area (Å²) < 4.78 is 0.987. The second-order valence-electron chi connectivity index (χ2n) is 4.42. The Bertz CT molecular complexity index is 739. The third-order valence-corrected chi connectivity index (χ3v) is 4.59. The number of nitrogens with zero attached hydrogens (tertiary/aromatic N) is 2. The molecule has 102 valence electrons. The van der Waals surface area contributed by atoms with Gasteiger partial charge in [-0.2, -0.15) is 0 Å². The van der Waals surface area contributed by atoms with Gasteiger partial charge in [0, 0.05) is 27.5 Å². The first-order valence-corrected chi connectivity index (χ1v) is 8.10. The lowest BCUT2D eigenvalue weighted by Crippen LogP contribution is -2.10. The average molecular weight is 348 g/mol. The Morgan fingerprint density at radius 3 is 3.00 bits per heavy atom. The molecule has 0 radical (unpaired) electrons. The van der Waals surface area contributed by atoms with Crippen LogP contribution in [0.15, 0.2) is 41.0 Å². The van der Waals surface area contributed by atoms with Crippen molar-refractivity contribution >= 4 is 38.2 Å². The third kappa shape index (κ3) is 2.75. The number of hydrogen-bond acceptors (Lipinski definition) is 4. The quantitative estimate of drug-likeness (QED) is 0.767. The lowest BCUT2D eigenvalue weighted by Gasteiger charge is -2.03. The Balaban J connectivity index is 2.00. The summed E-state index contributed by atoms with van der Waals surface area (Å²) in [5.74, 6) is 0. The molecule has 1 N–H and O–H groups in total. The van der Waals surface area contributed by atoms with E-state index in [0.717, 1.165) is 39.2 Å². The maximum Gasteiger partial charge on any atom is 0.143 e. The number of hydrogen-bond donors (Lipinski definition) is 1. The maximum atomic E-state index is 4.72. The van der Waals surface area contributed by atoms with Crippen LogP contribution in [0.25, 0.3) is 21.6 Å². The maximum absolute atomic E-state index is 4.72. The first-order chi connectivity index (χ1) is 9.78. The summed E-state index contributed by atoms with van der Waals surface area (Å²) in [5.41, 5.74) is 1.91. The minimum Gasteiger partial charge on any atom is -0.312 e. The second-order valence-corrected chi connectivity index (χ2v) is 6.39. The van der Waals surface area contributed by atoms with Crippen molar-refractivity contribution in [2.75, 3.05) is 6.54 Å². The summed E-state index contributed by atoms with van der Waals surface area (Å²) in [6, 6.07) is 10.2. The van der Waals surface area contributed by atoms with Gasteiger partial charge in [-0.05, 0) is 34.6 Å². The molecule has 0 fully saturated rings. The van der Waals surface area contributed by atoms with Gasteiger partial charge in [-0.3, -0.25) is 0 Å². The van der Waals surface area contributed by atoms with E-state index in [0.29, 0.717) is 0 Å². The fourth-order valence-corrected chi connectivity index (χ4v) is 3.53. The van der Waals surface area contributed by atoms with Crippen LogP contribution in [0.2, 0.25) is 0 Å². The van der Waals surface area contributed by atoms with Gasteiger partial charge in [0.1, 0.15) is 10.7 Å². The SMILES string of the molecule is CCNCc1cnc(-c2nc3ccccc3cc2Br)s1. The number of benzene rings is 1. The van der Waals surface area contributed by atoms with E-state index in [9.17, 15) is 0 Å². The number of fused-ring (bicyclic) bond motifs is 1. The van der Waals surface area contributed by atoms with Gasteiger partial charge in [0.25, 0.3) is 0 Å². The highest BCUT2D eigenvalue weighted by Gasteiger charge is 2.11. The fraction of sp³-hybridized carbons (Fsp3) is 0.200. The zero-order chi connectivity index (χ0) is 13.9. The van der Waals surface area contributed by atoms with Crippen molar-refractivity contribution < 1.29 is 0 Å². The van der Waals surface area contributed by atoms with E-state index in [1.807, 2.05) is 24.4 Å². The number of thiazole rings is 1. The summed E-state index contributed by atoms with van der Waals surface area (Å²) in [7, 11) is 0. The molecule has 3 aromatic rings. The molecule has 0 bridgehead atoms. The van der Waals surface area contributed by atoms with Crippen LogP contribution >= 0.6 is 27.3 Å². The molecule has 0 atom stereocenters. The van der Waals surface area contributed by atoms with Crippen molar-refractivity contribution in [3.63, 3.8) is 0 Å². The van der Waals surface area contributed by atoms with E-state index >= 15 is 0 Å². The van der Waals surface area contributed by atoms with E-state index in [4.69, 9.17) is 4.98 Å². The Hall–Kier alpha value is -1.30. The number of para-hydroxylation sites is 1. The molecule has 0 saturated carbocycles. The van der Waals surface area contributed by atoms with Gasteiger partial charge in [-0.1, -0.05) is 25.1 Å². The molecule has 0 spiro atoms. The molecule has 0 unspecified atom stereocenters. The van der Waals surface area contributed by atoms with Gasteiger partial charge >= 0.3 is 0 Å². The standard InChI is InChI=1S/C15H14BrN3S/c1-2-17-8-11-9-18-15(20-11)14-12(16)7-10-5-3-4-6-13(10)19-14/h3-7,9,17H,2,8H2,1H3. The molecule has 3 rings (SSSR count). The van der Waals surface area contributed by atoms with Crippen molar-refractivity contribution in [1.82, 2.24) is 15.3 Å². The molecule has 1 aromatic carbocycles. The van der Waals surface area contributed by atoms with E-state index in [-0.39, 0.29) is 0 Å². The molecule has 5 heteroatoms. The molecule has 0 saturated heterocycles. The number of halogens is 1. The molecule has 3 nitrogen and oxygen atoms in total. The summed E-state index contributed by atoms with van der Waals surface area (Å²) >= 11 is 5.29. The highest BCUT2D eigenvalue weighted by Crippen LogP contribution is 2.32. The van der Waals surface area contributed by atoms with E-state index in [1.165, 1.54) is 4.88 Å². The summed E-state index contributed by atoms with van der Waals surface area (Å²) in [6.07, 6.45) is 1.92. The fourth-order valence-electron chi connectivity index (χ4n) is 1.99. The topological polar surface area (TPSA) is 37.8 Å². The molecule has 20 heavy (non-hydrogen) atoms. The van der Waals surface area contributed by atoms with Crippen LogP contribution in [-0.2, 0) is 6.54 Å². The second kappa shape index (κ2) is 5.99. The molecule has 0 aliphatic rings. The van der Waals surface area contributed by atoms with Crippen LogP contribution < -0.4 is 5.32 Å². The first-order valence-electron chi connectivity index (χ1n) is 6.49. The summed E-state index contributed by atoms with van der Waals surface area (Å²) in [6.45, 7) is 3.92. The van der Waals surface area contributed by atoms with Crippen LogP contribution in [0.1, 0.15) is 11.8 Å². The van der Waals surface area contributed by atoms with Gasteiger partial charge in [0.15, 0.2) is 0 Å². The lowest BCUT2D eigenvalue weighted by atomic mass is 10.2. The zero-order valence-corrected chi connectivity index (χ0v) is 13.5. The first kappa shape index (κ1) is 13.7. The van der Waals surface area contributed by atoms with Crippen LogP contribution in [-0.4, -0.2) is 16.5 Å². The number of pyridine rings is 1. The zero-order valence-electron chi connectivity index (χ0n) is 11.1. The molecule has 0 amide bonds. The largest absolute Gasteiger partial charge is 0.312 e. The molecule has 0 aliphatic carbocycles. The number of nitrogens with one attached hydrogen (secondary N) is 1. The van der Waals surface area contributed by atoms with Crippen LogP contribution in [0.3, 0.4) is 0 Å². The molecule has 0 aliphatic heterocycles. The van der Waals surface area contributed by atoms with Crippen LogP contribution in [0.4, 0.5) is 0 Å². The van der Waals surface area contributed by atoms with Crippen molar-refractivity contribution in [3.8, 4) is 10.7 Å². The van der Waals surface area contributed by atoms with Gasteiger partial charge in [0.05, 0.1) is 5.52 Å². The van der Waals surface area contributed by atoms with Crippen LogP contribution in [0.5, 0.6) is 0 Å².